The lowest BCUT2D eigenvalue weighted by molar-refractivity contribution is -0.124. The van der Waals surface area contributed by atoms with Gasteiger partial charge in [-0.15, -0.1) is 0 Å². The predicted octanol–water partition coefficient (Wildman–Crippen LogP) is 3.63. The van der Waals surface area contributed by atoms with Crippen LogP contribution in [0.1, 0.15) is 36.7 Å². The molecule has 0 spiro atoms. The van der Waals surface area contributed by atoms with Crippen LogP contribution >= 0.6 is 0 Å². The molecule has 1 heterocycles. The molecule has 0 fully saturated rings. The van der Waals surface area contributed by atoms with Crippen molar-refractivity contribution in [3.8, 4) is 5.75 Å². The van der Waals surface area contributed by atoms with Gasteiger partial charge in [-0.25, -0.2) is 0 Å². The first-order valence-electron chi connectivity index (χ1n) is 8.16. The summed E-state index contributed by atoms with van der Waals surface area (Å²) < 4.78 is 5.78. The van der Waals surface area contributed by atoms with Gasteiger partial charge in [0.2, 0.25) is 0 Å². The summed E-state index contributed by atoms with van der Waals surface area (Å²) in [6.07, 6.45) is 0.267. The van der Waals surface area contributed by atoms with Gasteiger partial charge in [-0.1, -0.05) is 18.2 Å². The lowest BCUT2D eigenvalue weighted by Crippen LogP contribution is -2.43. The second-order valence-electron chi connectivity index (χ2n) is 6.23. The number of hydrogen-bond acceptors (Lipinski definition) is 3. The van der Waals surface area contributed by atoms with Crippen molar-refractivity contribution in [1.82, 2.24) is 0 Å². The van der Waals surface area contributed by atoms with E-state index in [-0.39, 0.29) is 17.7 Å². The Morgan fingerprint density at radius 3 is 2.46 bits per heavy atom. The van der Waals surface area contributed by atoms with Crippen LogP contribution in [0, 0.1) is 0 Å². The van der Waals surface area contributed by atoms with Crippen LogP contribution in [-0.2, 0) is 11.2 Å². The summed E-state index contributed by atoms with van der Waals surface area (Å²) in [5.41, 5.74) is 2.79. The molecule has 1 aliphatic heterocycles. The lowest BCUT2D eigenvalue weighted by atomic mass is 10.1. The van der Waals surface area contributed by atoms with Gasteiger partial charge in [0, 0.05) is 17.3 Å². The zero-order valence-electron chi connectivity index (χ0n) is 14.2. The third-order valence-corrected chi connectivity index (χ3v) is 4.37. The van der Waals surface area contributed by atoms with Crippen molar-refractivity contribution in [2.75, 3.05) is 4.90 Å². The van der Waals surface area contributed by atoms with Gasteiger partial charge in [-0.05, 0) is 63.1 Å². The Labute approximate surface area is 142 Å². The minimum Gasteiger partial charge on any atom is -0.481 e. The van der Waals surface area contributed by atoms with Crippen molar-refractivity contribution in [2.45, 2.75) is 39.3 Å². The molecule has 0 saturated heterocycles. The van der Waals surface area contributed by atoms with Gasteiger partial charge in [-0.2, -0.15) is 0 Å². The highest BCUT2D eigenvalue weighted by atomic mass is 16.5. The fourth-order valence-corrected chi connectivity index (χ4v) is 3.12. The van der Waals surface area contributed by atoms with Gasteiger partial charge in [-0.3, -0.25) is 9.59 Å². The van der Waals surface area contributed by atoms with Crippen LogP contribution in [0.3, 0.4) is 0 Å². The number of nitrogens with zero attached hydrogens (tertiary/aromatic N) is 1. The number of Topliss-reactive ketones (excluding diaryl/α,β-unsaturated/α-hetero) is 1. The van der Waals surface area contributed by atoms with Crippen LogP contribution < -0.4 is 9.64 Å². The Morgan fingerprint density at radius 2 is 1.79 bits per heavy atom. The molecule has 2 aromatic rings. The Morgan fingerprint density at radius 1 is 1.12 bits per heavy atom. The maximum absolute atomic E-state index is 12.8. The molecule has 0 saturated carbocycles. The summed E-state index contributed by atoms with van der Waals surface area (Å²) in [5.74, 6) is 0.539. The van der Waals surface area contributed by atoms with E-state index in [1.165, 1.54) is 12.5 Å². The number of anilines is 1. The smallest absolute Gasteiger partial charge is 0.268 e. The third-order valence-electron chi connectivity index (χ3n) is 4.37. The van der Waals surface area contributed by atoms with E-state index in [0.29, 0.717) is 11.3 Å². The summed E-state index contributed by atoms with van der Waals surface area (Å²) in [4.78, 5) is 26.0. The van der Waals surface area contributed by atoms with Gasteiger partial charge < -0.3 is 9.64 Å². The van der Waals surface area contributed by atoms with Crippen molar-refractivity contribution < 1.29 is 14.3 Å². The molecule has 0 aromatic heterocycles. The summed E-state index contributed by atoms with van der Waals surface area (Å²) in [5, 5.41) is 0. The van der Waals surface area contributed by atoms with Crippen LogP contribution in [0.2, 0.25) is 0 Å². The molecule has 24 heavy (non-hydrogen) atoms. The van der Waals surface area contributed by atoms with E-state index in [1.807, 2.05) is 30.0 Å². The normalized spacial score (nSPS) is 17.3. The molecular formula is C20H21NO3. The molecule has 0 N–H and O–H groups in total. The van der Waals surface area contributed by atoms with Crippen LogP contribution in [0.15, 0.2) is 48.5 Å². The molecule has 4 nitrogen and oxygen atoms in total. The molecule has 124 valence electrons. The number of carbonyl (C=O) groups excluding carboxylic acids is 2. The van der Waals surface area contributed by atoms with Crippen molar-refractivity contribution in [3.63, 3.8) is 0 Å². The van der Waals surface area contributed by atoms with Gasteiger partial charge in [0.05, 0.1) is 0 Å². The number of rotatable bonds is 4. The van der Waals surface area contributed by atoms with E-state index in [1.54, 1.807) is 31.2 Å². The van der Waals surface area contributed by atoms with Crippen molar-refractivity contribution in [1.29, 1.82) is 0 Å². The molecule has 2 atom stereocenters. The Balaban J connectivity index is 1.74. The molecule has 1 amide bonds. The summed E-state index contributed by atoms with van der Waals surface area (Å²) in [7, 11) is 0. The maximum Gasteiger partial charge on any atom is 0.268 e. The summed E-state index contributed by atoms with van der Waals surface area (Å²) in [6.45, 7) is 5.33. The van der Waals surface area contributed by atoms with Crippen LogP contribution in [0.25, 0.3) is 0 Å². The largest absolute Gasteiger partial charge is 0.481 e. The Kier molecular flexibility index (Phi) is 4.38. The average molecular weight is 323 g/mol. The molecule has 2 aromatic carbocycles. The van der Waals surface area contributed by atoms with Gasteiger partial charge in [0.15, 0.2) is 11.9 Å². The molecule has 0 bridgehead atoms. The quantitative estimate of drug-likeness (QED) is 0.807. The number of amides is 1. The standard InChI is InChI=1S/C20H21NO3/c1-13-12-17-6-4-5-7-19(17)21(13)20(23)15(3)24-18-10-8-16(9-11-18)14(2)22/h4-11,13,15H,12H2,1-3H3/t13-,15-/m1/s1. The van der Waals surface area contributed by atoms with Gasteiger partial charge >= 0.3 is 0 Å². The number of benzene rings is 2. The van der Waals surface area contributed by atoms with E-state index in [4.69, 9.17) is 4.74 Å². The number of carbonyl (C=O) groups is 2. The van der Waals surface area contributed by atoms with Crippen LogP contribution in [0.5, 0.6) is 5.75 Å². The van der Waals surface area contributed by atoms with Crippen molar-refractivity contribution in [2.24, 2.45) is 0 Å². The first-order valence-corrected chi connectivity index (χ1v) is 8.16. The van der Waals surface area contributed by atoms with Crippen molar-refractivity contribution >= 4 is 17.4 Å². The molecule has 3 rings (SSSR count). The first kappa shape index (κ1) is 16.2. The Hall–Kier alpha value is -2.62. The van der Waals surface area contributed by atoms with E-state index < -0.39 is 6.10 Å². The van der Waals surface area contributed by atoms with Gasteiger partial charge in [0.1, 0.15) is 5.75 Å². The van der Waals surface area contributed by atoms with E-state index in [9.17, 15) is 9.59 Å². The highest BCUT2D eigenvalue weighted by Crippen LogP contribution is 2.32. The molecule has 1 aliphatic rings. The summed E-state index contributed by atoms with van der Waals surface area (Å²) in [6, 6.07) is 15.0. The van der Waals surface area contributed by atoms with Gasteiger partial charge in [0.25, 0.3) is 5.91 Å². The molecule has 0 unspecified atom stereocenters. The number of ketones is 1. The average Bonchev–Trinajstić information content (AvgIpc) is 2.90. The second kappa shape index (κ2) is 6.48. The fraction of sp³-hybridized carbons (Fsp3) is 0.300. The minimum absolute atomic E-state index is 0.00757. The molecule has 0 aliphatic carbocycles. The predicted molar refractivity (Wildman–Crippen MR) is 93.6 cm³/mol. The molecule has 4 heteroatoms. The zero-order valence-corrected chi connectivity index (χ0v) is 14.2. The Bertz CT molecular complexity index is 767. The van der Waals surface area contributed by atoms with Crippen molar-refractivity contribution in [3.05, 3.63) is 59.7 Å². The number of fused-ring (bicyclic) bond motifs is 1. The highest BCUT2D eigenvalue weighted by Gasteiger charge is 2.33. The molecular weight excluding hydrogens is 302 g/mol. The third kappa shape index (κ3) is 3.04. The van der Waals surface area contributed by atoms with E-state index in [0.717, 1.165) is 12.1 Å². The van der Waals surface area contributed by atoms with Crippen LogP contribution in [-0.4, -0.2) is 23.8 Å². The second-order valence-corrected chi connectivity index (χ2v) is 6.23. The summed E-state index contributed by atoms with van der Waals surface area (Å²) >= 11 is 0. The van der Waals surface area contributed by atoms with E-state index in [2.05, 4.69) is 6.07 Å². The topological polar surface area (TPSA) is 46.6 Å². The monoisotopic (exact) mass is 323 g/mol. The zero-order chi connectivity index (χ0) is 17.3. The molecule has 0 radical (unpaired) electrons. The number of para-hydroxylation sites is 1. The highest BCUT2D eigenvalue weighted by molar-refractivity contribution is 5.99. The maximum atomic E-state index is 12.8. The first-order chi connectivity index (χ1) is 11.5. The lowest BCUT2D eigenvalue weighted by Gasteiger charge is -2.26. The number of hydrogen-bond donors (Lipinski definition) is 0. The minimum atomic E-state index is -0.596. The van der Waals surface area contributed by atoms with Crippen LogP contribution in [0.4, 0.5) is 5.69 Å². The van der Waals surface area contributed by atoms with E-state index >= 15 is 0 Å². The SMILES string of the molecule is CC(=O)c1ccc(O[C@H](C)C(=O)N2c3ccccc3C[C@H]2C)cc1. The number of ether oxygens (including phenoxy) is 1. The fourth-order valence-electron chi connectivity index (χ4n) is 3.12.